The van der Waals surface area contributed by atoms with E-state index in [2.05, 4.69) is 39.1 Å². The van der Waals surface area contributed by atoms with E-state index in [1.165, 1.54) is 22.9 Å². The summed E-state index contributed by atoms with van der Waals surface area (Å²) in [6, 6.07) is 10.5. The zero-order chi connectivity index (χ0) is 21.6. The summed E-state index contributed by atoms with van der Waals surface area (Å²) in [5, 5.41) is 1.32. The molecule has 1 fully saturated rings. The molecule has 31 heavy (non-hydrogen) atoms. The van der Waals surface area contributed by atoms with E-state index in [0.29, 0.717) is 15.9 Å². The van der Waals surface area contributed by atoms with Gasteiger partial charge in [0.1, 0.15) is 10.1 Å². The van der Waals surface area contributed by atoms with Crippen molar-refractivity contribution in [3.05, 3.63) is 53.3 Å². The summed E-state index contributed by atoms with van der Waals surface area (Å²) < 4.78 is 0. The van der Waals surface area contributed by atoms with Gasteiger partial charge in [-0.1, -0.05) is 24.3 Å². The first-order valence-electron chi connectivity index (χ1n) is 10.4. The number of aromatic nitrogens is 4. The second kappa shape index (κ2) is 7.65. The predicted octanol–water partition coefficient (Wildman–Crippen LogP) is 2.73. The van der Waals surface area contributed by atoms with Crippen LogP contribution in [0, 0.1) is 12.3 Å². The third kappa shape index (κ3) is 3.57. The second-order valence-electron chi connectivity index (χ2n) is 8.38. The Morgan fingerprint density at radius 1 is 1.06 bits per heavy atom. The summed E-state index contributed by atoms with van der Waals surface area (Å²) in [6.45, 7) is 3.76. The highest BCUT2D eigenvalue weighted by Gasteiger charge is 2.46. The molecule has 1 aliphatic carbocycles. The van der Waals surface area contributed by atoms with Crippen molar-refractivity contribution < 1.29 is 0 Å². The summed E-state index contributed by atoms with van der Waals surface area (Å²) in [6.07, 6.45) is 4.73. The van der Waals surface area contributed by atoms with E-state index in [1.807, 2.05) is 6.92 Å². The molecule has 1 spiro atoms. The van der Waals surface area contributed by atoms with Crippen molar-refractivity contribution in [2.45, 2.75) is 42.3 Å². The lowest BCUT2D eigenvalue weighted by Crippen LogP contribution is -2.45. The first kappa shape index (κ1) is 20.0. The molecule has 0 saturated carbocycles. The van der Waals surface area contributed by atoms with E-state index >= 15 is 0 Å². The zero-order valence-electron chi connectivity index (χ0n) is 17.5. The van der Waals surface area contributed by atoms with Crippen molar-refractivity contribution in [3.8, 4) is 0 Å². The van der Waals surface area contributed by atoms with Gasteiger partial charge in [-0.05, 0) is 60.6 Å². The summed E-state index contributed by atoms with van der Waals surface area (Å²) in [5.74, 6) is 1.47. The molecule has 1 aromatic carbocycles. The van der Waals surface area contributed by atoms with Crippen molar-refractivity contribution in [2.24, 2.45) is 11.1 Å². The average molecular weight is 435 g/mol. The predicted molar refractivity (Wildman–Crippen MR) is 123 cm³/mol. The van der Waals surface area contributed by atoms with Crippen molar-refractivity contribution in [2.75, 3.05) is 29.5 Å². The van der Waals surface area contributed by atoms with E-state index in [9.17, 15) is 0 Å². The van der Waals surface area contributed by atoms with Crippen molar-refractivity contribution in [1.82, 2.24) is 19.9 Å². The summed E-state index contributed by atoms with van der Waals surface area (Å²) in [4.78, 5) is 19.8. The third-order valence-electron chi connectivity index (χ3n) is 6.54. The van der Waals surface area contributed by atoms with Crippen LogP contribution in [-0.2, 0) is 6.42 Å². The molecule has 160 valence electrons. The van der Waals surface area contributed by atoms with Gasteiger partial charge in [-0.25, -0.2) is 19.9 Å². The number of rotatable bonds is 3. The molecular formula is C22H26N8S. The fraction of sp³-hybridized carbons (Fsp3) is 0.364. The van der Waals surface area contributed by atoms with Crippen LogP contribution in [0.4, 0.5) is 17.6 Å². The molecule has 5 rings (SSSR count). The number of nitrogens with two attached hydrogens (primary N) is 3. The van der Waals surface area contributed by atoms with Gasteiger partial charge in [0, 0.05) is 25.3 Å². The number of aryl methyl sites for hydroxylation is 1. The minimum Gasteiger partial charge on any atom is -0.381 e. The highest BCUT2D eigenvalue weighted by Crippen LogP contribution is 2.51. The Balaban J connectivity index is 1.32. The number of anilines is 3. The molecule has 9 heteroatoms. The van der Waals surface area contributed by atoms with Gasteiger partial charge in [0.15, 0.2) is 11.6 Å². The standard InChI is InChI=1S/C22H26N8S/c1-13-19(29-18(24)20(27-13)31-16-6-9-26-21(25)28-16)30-10-7-22(8-11-30)12-14-4-2-3-5-15(14)17(22)23/h2-6,9,17H,7-8,10-12,23H2,1H3,(H2,24,29)(H2,25,26,28)/t17-/m1/s1. The molecule has 3 aromatic rings. The molecule has 3 heterocycles. The zero-order valence-corrected chi connectivity index (χ0v) is 18.3. The molecule has 0 unspecified atom stereocenters. The molecule has 1 aliphatic heterocycles. The summed E-state index contributed by atoms with van der Waals surface area (Å²) >= 11 is 1.34. The van der Waals surface area contributed by atoms with Crippen LogP contribution in [0.15, 0.2) is 46.6 Å². The molecule has 0 bridgehead atoms. The molecule has 2 aromatic heterocycles. The summed E-state index contributed by atoms with van der Waals surface area (Å²) in [5.41, 5.74) is 22.3. The second-order valence-corrected chi connectivity index (χ2v) is 9.39. The topological polar surface area (TPSA) is 133 Å². The largest absolute Gasteiger partial charge is 0.381 e. The molecule has 1 saturated heterocycles. The smallest absolute Gasteiger partial charge is 0.221 e. The highest BCUT2D eigenvalue weighted by molar-refractivity contribution is 7.99. The van der Waals surface area contributed by atoms with Gasteiger partial charge in [0.2, 0.25) is 5.95 Å². The summed E-state index contributed by atoms with van der Waals surface area (Å²) in [7, 11) is 0. The van der Waals surface area contributed by atoms with Crippen molar-refractivity contribution in [3.63, 3.8) is 0 Å². The van der Waals surface area contributed by atoms with Crippen LogP contribution in [0.2, 0.25) is 0 Å². The number of hydrogen-bond donors (Lipinski definition) is 3. The number of fused-ring (bicyclic) bond motifs is 1. The number of benzene rings is 1. The van der Waals surface area contributed by atoms with E-state index < -0.39 is 0 Å². The molecule has 1 atom stereocenters. The average Bonchev–Trinajstić information content (AvgIpc) is 3.03. The normalized spacial score (nSPS) is 19.5. The van der Waals surface area contributed by atoms with E-state index in [4.69, 9.17) is 27.2 Å². The Bertz CT molecular complexity index is 1130. The molecule has 0 amide bonds. The van der Waals surface area contributed by atoms with Crippen LogP contribution in [0.1, 0.15) is 35.7 Å². The van der Waals surface area contributed by atoms with Crippen LogP contribution >= 0.6 is 11.8 Å². The van der Waals surface area contributed by atoms with Crippen LogP contribution in [0.3, 0.4) is 0 Å². The Morgan fingerprint density at radius 2 is 1.84 bits per heavy atom. The number of nitrogen functional groups attached to an aromatic ring is 2. The Morgan fingerprint density at radius 3 is 2.58 bits per heavy atom. The highest BCUT2D eigenvalue weighted by atomic mass is 32.2. The van der Waals surface area contributed by atoms with Crippen LogP contribution < -0.4 is 22.1 Å². The van der Waals surface area contributed by atoms with Gasteiger partial charge in [0.05, 0.1) is 5.69 Å². The molecule has 2 aliphatic rings. The molecule has 0 radical (unpaired) electrons. The third-order valence-corrected chi connectivity index (χ3v) is 7.47. The monoisotopic (exact) mass is 434 g/mol. The fourth-order valence-electron chi connectivity index (χ4n) is 4.86. The molecular weight excluding hydrogens is 408 g/mol. The lowest BCUT2D eigenvalue weighted by molar-refractivity contribution is 0.187. The van der Waals surface area contributed by atoms with Crippen molar-refractivity contribution in [1.29, 1.82) is 0 Å². The maximum atomic E-state index is 6.71. The maximum Gasteiger partial charge on any atom is 0.221 e. The maximum absolute atomic E-state index is 6.71. The van der Waals surface area contributed by atoms with Crippen LogP contribution in [-0.4, -0.2) is 33.0 Å². The quantitative estimate of drug-likeness (QED) is 0.532. The molecule has 6 N–H and O–H groups in total. The fourth-order valence-corrected chi connectivity index (χ4v) is 5.66. The Hall–Kier alpha value is -2.91. The van der Waals surface area contributed by atoms with Crippen molar-refractivity contribution >= 4 is 29.3 Å². The van der Waals surface area contributed by atoms with Crippen LogP contribution in [0.25, 0.3) is 0 Å². The van der Waals surface area contributed by atoms with Crippen LogP contribution in [0.5, 0.6) is 0 Å². The van der Waals surface area contributed by atoms with Gasteiger partial charge >= 0.3 is 0 Å². The lowest BCUT2D eigenvalue weighted by Gasteiger charge is -2.42. The number of nitrogens with zero attached hydrogens (tertiary/aromatic N) is 5. The van der Waals surface area contributed by atoms with E-state index in [0.717, 1.165) is 43.9 Å². The minimum absolute atomic E-state index is 0.0992. The molecule has 8 nitrogen and oxygen atoms in total. The first-order chi connectivity index (χ1) is 14.9. The lowest BCUT2D eigenvalue weighted by atomic mass is 9.73. The Labute approximate surface area is 185 Å². The van der Waals surface area contributed by atoms with Gasteiger partial charge in [-0.3, -0.25) is 0 Å². The van der Waals surface area contributed by atoms with Gasteiger partial charge < -0.3 is 22.1 Å². The van der Waals surface area contributed by atoms with E-state index in [-0.39, 0.29) is 17.4 Å². The minimum atomic E-state index is 0.0992. The Kier molecular flexibility index (Phi) is 4.94. The van der Waals surface area contributed by atoms with E-state index in [1.54, 1.807) is 12.3 Å². The van der Waals surface area contributed by atoms with Gasteiger partial charge in [0.25, 0.3) is 0 Å². The first-order valence-corrected chi connectivity index (χ1v) is 11.3. The van der Waals surface area contributed by atoms with Gasteiger partial charge in [-0.2, -0.15) is 0 Å². The van der Waals surface area contributed by atoms with Gasteiger partial charge in [-0.15, -0.1) is 0 Å². The number of piperidine rings is 1. The SMILES string of the molecule is Cc1nc(Sc2ccnc(N)n2)c(N)nc1N1CCC2(CC1)Cc1ccccc1[C@H]2N. The number of hydrogen-bond acceptors (Lipinski definition) is 9.